The summed E-state index contributed by atoms with van der Waals surface area (Å²) in [5.74, 6) is 2.05. The predicted molar refractivity (Wildman–Crippen MR) is 68.0 cm³/mol. The molecule has 2 rings (SSSR count). The first-order valence-electron chi connectivity index (χ1n) is 5.85. The number of nitrogens with zero attached hydrogens (tertiary/aromatic N) is 3. The summed E-state index contributed by atoms with van der Waals surface area (Å²) >= 11 is 0. The highest BCUT2D eigenvalue weighted by Crippen LogP contribution is 2.23. The Morgan fingerprint density at radius 2 is 2.29 bits per heavy atom. The lowest BCUT2D eigenvalue weighted by molar-refractivity contribution is 0.0969. The van der Waals surface area contributed by atoms with Gasteiger partial charge in [-0.05, 0) is 12.3 Å². The molecule has 94 valence electrons. The van der Waals surface area contributed by atoms with Crippen LogP contribution in [0, 0.1) is 5.92 Å². The molecule has 0 spiro atoms. The zero-order valence-electron chi connectivity index (χ0n) is 10.2. The van der Waals surface area contributed by atoms with Crippen LogP contribution in [0.5, 0.6) is 0 Å². The molecule has 0 amide bonds. The monoisotopic (exact) mass is 237 g/mol. The fourth-order valence-corrected chi connectivity index (χ4v) is 2.08. The van der Waals surface area contributed by atoms with E-state index >= 15 is 0 Å². The van der Waals surface area contributed by atoms with Crippen molar-refractivity contribution in [2.75, 3.05) is 36.1 Å². The normalized spacial score (nSPS) is 24.8. The minimum absolute atomic E-state index is 0.214. The van der Waals surface area contributed by atoms with Crippen molar-refractivity contribution in [1.29, 1.82) is 0 Å². The molecule has 6 nitrogen and oxygen atoms in total. The van der Waals surface area contributed by atoms with Crippen molar-refractivity contribution in [1.82, 2.24) is 9.97 Å². The Balaban J connectivity index is 2.19. The van der Waals surface area contributed by atoms with E-state index in [1.54, 1.807) is 7.05 Å². The van der Waals surface area contributed by atoms with Crippen LogP contribution in [-0.4, -0.2) is 41.3 Å². The van der Waals surface area contributed by atoms with Gasteiger partial charge in [0.1, 0.15) is 11.6 Å². The molecule has 2 atom stereocenters. The summed E-state index contributed by atoms with van der Waals surface area (Å²) in [4.78, 5) is 10.4. The van der Waals surface area contributed by atoms with Crippen LogP contribution in [0.15, 0.2) is 6.07 Å². The smallest absolute Gasteiger partial charge is 0.223 e. The van der Waals surface area contributed by atoms with Gasteiger partial charge < -0.3 is 21.1 Å². The topological polar surface area (TPSA) is 87.3 Å². The Hall–Kier alpha value is -1.56. The summed E-state index contributed by atoms with van der Waals surface area (Å²) in [7, 11) is 1.80. The van der Waals surface area contributed by atoms with Crippen LogP contribution in [0.1, 0.15) is 13.3 Å². The maximum Gasteiger partial charge on any atom is 0.223 e. The lowest BCUT2D eigenvalue weighted by atomic mass is 9.97. The molecular formula is C11H19N5O. The van der Waals surface area contributed by atoms with E-state index in [1.165, 1.54) is 0 Å². The van der Waals surface area contributed by atoms with Crippen molar-refractivity contribution in [3.8, 4) is 0 Å². The van der Waals surface area contributed by atoms with Gasteiger partial charge in [0.2, 0.25) is 5.95 Å². The van der Waals surface area contributed by atoms with E-state index in [9.17, 15) is 5.11 Å². The number of aliphatic hydroxyl groups excluding tert-OH is 1. The number of nitrogens with one attached hydrogen (secondary N) is 1. The van der Waals surface area contributed by atoms with Gasteiger partial charge in [-0.2, -0.15) is 9.97 Å². The van der Waals surface area contributed by atoms with E-state index in [0.717, 1.165) is 25.3 Å². The van der Waals surface area contributed by atoms with E-state index in [-0.39, 0.29) is 18.0 Å². The van der Waals surface area contributed by atoms with Crippen LogP contribution in [0.25, 0.3) is 0 Å². The molecule has 1 aromatic rings. The molecule has 0 saturated carbocycles. The zero-order chi connectivity index (χ0) is 12.4. The summed E-state index contributed by atoms with van der Waals surface area (Å²) in [5, 5.41) is 12.7. The van der Waals surface area contributed by atoms with Crippen LogP contribution < -0.4 is 16.0 Å². The van der Waals surface area contributed by atoms with Crippen LogP contribution in [-0.2, 0) is 0 Å². The second-order valence-corrected chi connectivity index (χ2v) is 4.50. The molecule has 0 aliphatic carbocycles. The molecule has 1 aromatic heterocycles. The van der Waals surface area contributed by atoms with Crippen LogP contribution in [0.2, 0.25) is 0 Å². The standard InChI is InChI=1S/C11H19N5O/c1-7-6-16(4-3-8(7)17)10-5-9(13-2)14-11(12)15-10/h5,7-8,17H,3-4,6H2,1-2H3,(H3,12,13,14,15). The van der Waals surface area contributed by atoms with Gasteiger partial charge in [0.15, 0.2) is 0 Å². The van der Waals surface area contributed by atoms with E-state index in [1.807, 2.05) is 13.0 Å². The molecule has 4 N–H and O–H groups in total. The van der Waals surface area contributed by atoms with E-state index < -0.39 is 0 Å². The van der Waals surface area contributed by atoms with Crippen molar-refractivity contribution in [3.05, 3.63) is 6.07 Å². The highest BCUT2D eigenvalue weighted by Gasteiger charge is 2.25. The maximum atomic E-state index is 9.70. The number of piperidine rings is 1. The van der Waals surface area contributed by atoms with E-state index in [4.69, 9.17) is 5.73 Å². The van der Waals surface area contributed by atoms with Crippen molar-refractivity contribution in [2.45, 2.75) is 19.4 Å². The number of nitrogen functional groups attached to an aromatic ring is 1. The minimum atomic E-state index is -0.214. The summed E-state index contributed by atoms with van der Waals surface area (Å²) in [5.41, 5.74) is 5.67. The molecule has 1 aliphatic heterocycles. The minimum Gasteiger partial charge on any atom is -0.393 e. The Morgan fingerprint density at radius 3 is 2.94 bits per heavy atom. The molecule has 2 heterocycles. The van der Waals surface area contributed by atoms with Crippen LogP contribution >= 0.6 is 0 Å². The lowest BCUT2D eigenvalue weighted by Gasteiger charge is -2.35. The molecule has 0 aromatic carbocycles. The third kappa shape index (κ3) is 2.58. The quantitative estimate of drug-likeness (QED) is 0.686. The number of hydrogen-bond donors (Lipinski definition) is 3. The van der Waals surface area contributed by atoms with Crippen LogP contribution in [0.4, 0.5) is 17.6 Å². The second-order valence-electron chi connectivity index (χ2n) is 4.50. The molecule has 0 radical (unpaired) electrons. The summed E-state index contributed by atoms with van der Waals surface area (Å²) in [6, 6.07) is 1.88. The molecular weight excluding hydrogens is 218 g/mol. The highest BCUT2D eigenvalue weighted by molar-refractivity contribution is 5.52. The average Bonchev–Trinajstić information content (AvgIpc) is 2.32. The van der Waals surface area contributed by atoms with Crippen LogP contribution in [0.3, 0.4) is 0 Å². The van der Waals surface area contributed by atoms with E-state index in [2.05, 4.69) is 20.2 Å². The summed E-state index contributed by atoms with van der Waals surface area (Å²) < 4.78 is 0. The fraction of sp³-hybridized carbons (Fsp3) is 0.636. The van der Waals surface area contributed by atoms with Gasteiger partial charge in [0.05, 0.1) is 6.10 Å². The first kappa shape index (κ1) is 11.9. The molecule has 1 saturated heterocycles. The third-order valence-corrected chi connectivity index (χ3v) is 3.17. The molecule has 1 fully saturated rings. The lowest BCUT2D eigenvalue weighted by Crippen LogP contribution is -2.42. The molecule has 0 bridgehead atoms. The Kier molecular flexibility index (Phi) is 3.33. The Labute approximate surface area is 101 Å². The maximum absolute atomic E-state index is 9.70. The largest absolute Gasteiger partial charge is 0.393 e. The first-order valence-corrected chi connectivity index (χ1v) is 5.85. The Morgan fingerprint density at radius 1 is 1.53 bits per heavy atom. The molecule has 17 heavy (non-hydrogen) atoms. The SMILES string of the molecule is CNc1cc(N2CCC(O)C(C)C2)nc(N)n1. The van der Waals surface area contributed by atoms with Gasteiger partial charge in [-0.15, -0.1) is 0 Å². The molecule has 2 unspecified atom stereocenters. The number of aromatic nitrogens is 2. The van der Waals surface area contributed by atoms with Crippen molar-refractivity contribution >= 4 is 17.6 Å². The number of nitrogens with two attached hydrogens (primary N) is 1. The predicted octanol–water partition coefficient (Wildman–Crippen LogP) is 0.308. The van der Waals surface area contributed by atoms with E-state index in [0.29, 0.717) is 5.82 Å². The van der Waals surface area contributed by atoms with Gasteiger partial charge in [-0.1, -0.05) is 6.92 Å². The first-order chi connectivity index (χ1) is 8.10. The number of rotatable bonds is 2. The van der Waals surface area contributed by atoms with Crippen molar-refractivity contribution < 1.29 is 5.11 Å². The highest BCUT2D eigenvalue weighted by atomic mass is 16.3. The zero-order valence-corrected chi connectivity index (χ0v) is 10.2. The van der Waals surface area contributed by atoms with Gasteiger partial charge in [-0.3, -0.25) is 0 Å². The summed E-state index contributed by atoms with van der Waals surface area (Å²) in [6.07, 6.45) is 0.550. The average molecular weight is 237 g/mol. The fourth-order valence-electron chi connectivity index (χ4n) is 2.08. The molecule has 6 heteroatoms. The van der Waals surface area contributed by atoms with Gasteiger partial charge in [-0.25, -0.2) is 0 Å². The van der Waals surface area contributed by atoms with Gasteiger partial charge in [0.25, 0.3) is 0 Å². The third-order valence-electron chi connectivity index (χ3n) is 3.17. The Bertz CT molecular complexity index is 397. The van der Waals surface area contributed by atoms with Crippen molar-refractivity contribution in [3.63, 3.8) is 0 Å². The summed E-state index contributed by atoms with van der Waals surface area (Å²) in [6.45, 7) is 3.63. The number of hydrogen-bond acceptors (Lipinski definition) is 6. The van der Waals surface area contributed by atoms with Gasteiger partial charge >= 0.3 is 0 Å². The van der Waals surface area contributed by atoms with Crippen molar-refractivity contribution in [2.24, 2.45) is 5.92 Å². The van der Waals surface area contributed by atoms with Gasteiger partial charge in [0, 0.05) is 26.2 Å². The second kappa shape index (κ2) is 4.75. The number of anilines is 3. The molecule has 1 aliphatic rings. The number of aliphatic hydroxyl groups is 1.